The molecule has 9 nitrogen and oxygen atoms in total. The van der Waals surface area contributed by atoms with Crippen LogP contribution in [0.1, 0.15) is 36.8 Å². The first-order valence-electron chi connectivity index (χ1n) is 12.4. The predicted octanol–water partition coefficient (Wildman–Crippen LogP) is 2.62. The third-order valence-corrected chi connectivity index (χ3v) is 6.39. The number of alkyl halides is 3. The molecule has 12 heteroatoms. The number of halogens is 3. The third kappa shape index (κ3) is 7.34. The van der Waals surface area contributed by atoms with E-state index in [0.29, 0.717) is 10.5 Å². The van der Waals surface area contributed by atoms with Gasteiger partial charge in [-0.15, -0.1) is 0 Å². The Kier molecular flexibility index (Phi) is 10.0. The van der Waals surface area contributed by atoms with Crippen molar-refractivity contribution in [3.63, 3.8) is 0 Å². The quantitative estimate of drug-likeness (QED) is 0.413. The second-order valence-electron chi connectivity index (χ2n) is 9.02. The Balaban J connectivity index is 1.75. The minimum atomic E-state index is -5.15. The van der Waals surface area contributed by atoms with Gasteiger partial charge in [0.05, 0.1) is 6.54 Å². The molecular formula is C27H30F3N3O6. The van der Waals surface area contributed by atoms with Crippen LogP contribution in [-0.4, -0.2) is 59.5 Å². The minimum absolute atomic E-state index is 0.0392. The van der Waals surface area contributed by atoms with Gasteiger partial charge in [0.25, 0.3) is 5.91 Å². The number of nitrogens with two attached hydrogens (primary N) is 1. The molecule has 1 aliphatic rings. The van der Waals surface area contributed by atoms with Crippen molar-refractivity contribution in [3.05, 3.63) is 71.8 Å². The molecule has 0 aromatic heterocycles. The van der Waals surface area contributed by atoms with Gasteiger partial charge in [-0.2, -0.15) is 13.2 Å². The number of carbonyl (C=O) groups excluding carboxylic acids is 4. The van der Waals surface area contributed by atoms with Gasteiger partial charge in [0, 0.05) is 13.0 Å². The number of hydrogen-bond donors (Lipinski definition) is 2. The maximum Gasteiger partial charge on any atom is 0.420 e. The van der Waals surface area contributed by atoms with Gasteiger partial charge in [0.15, 0.2) is 0 Å². The van der Waals surface area contributed by atoms with E-state index in [1.807, 2.05) is 0 Å². The molecular weight excluding hydrogens is 519 g/mol. The van der Waals surface area contributed by atoms with Crippen LogP contribution in [0, 0.1) is 0 Å². The van der Waals surface area contributed by atoms with Gasteiger partial charge in [-0.05, 0) is 30.4 Å². The summed E-state index contributed by atoms with van der Waals surface area (Å²) >= 11 is 0. The van der Waals surface area contributed by atoms with Crippen molar-refractivity contribution in [1.82, 2.24) is 10.2 Å². The van der Waals surface area contributed by atoms with Gasteiger partial charge in [-0.3, -0.25) is 14.4 Å². The van der Waals surface area contributed by atoms with Crippen LogP contribution in [0.4, 0.5) is 13.2 Å². The number of nitrogens with one attached hydrogen (secondary N) is 1. The minimum Gasteiger partial charge on any atom is -0.461 e. The van der Waals surface area contributed by atoms with E-state index in [4.69, 9.17) is 15.2 Å². The van der Waals surface area contributed by atoms with Crippen molar-refractivity contribution >= 4 is 23.8 Å². The molecule has 1 aliphatic heterocycles. The van der Waals surface area contributed by atoms with Crippen LogP contribution >= 0.6 is 0 Å². The molecule has 2 aromatic carbocycles. The zero-order valence-corrected chi connectivity index (χ0v) is 21.1. The summed E-state index contributed by atoms with van der Waals surface area (Å²) in [6.07, 6.45) is -6.70. The van der Waals surface area contributed by atoms with E-state index in [9.17, 15) is 32.3 Å². The molecule has 0 saturated carbocycles. The average Bonchev–Trinajstić information content (AvgIpc) is 3.40. The lowest BCUT2D eigenvalue weighted by Crippen LogP contribution is -2.67. The van der Waals surface area contributed by atoms with Crippen molar-refractivity contribution in [2.75, 3.05) is 13.1 Å². The van der Waals surface area contributed by atoms with E-state index in [0.717, 1.165) is 5.56 Å². The fourth-order valence-corrected chi connectivity index (χ4v) is 4.35. The third-order valence-electron chi connectivity index (χ3n) is 6.39. The smallest absolute Gasteiger partial charge is 0.420 e. The summed E-state index contributed by atoms with van der Waals surface area (Å²) in [6.45, 7) is -1.28. The lowest BCUT2D eigenvalue weighted by atomic mass is 9.92. The summed E-state index contributed by atoms with van der Waals surface area (Å²) in [7, 11) is 0. The Morgan fingerprint density at radius 2 is 1.51 bits per heavy atom. The Morgan fingerprint density at radius 1 is 0.949 bits per heavy atom. The molecule has 0 bridgehead atoms. The van der Waals surface area contributed by atoms with Crippen LogP contribution in [-0.2, 0) is 41.9 Å². The molecule has 2 amide bonds. The molecule has 1 fully saturated rings. The van der Waals surface area contributed by atoms with Crippen molar-refractivity contribution in [2.24, 2.45) is 5.73 Å². The second kappa shape index (κ2) is 13.2. The highest BCUT2D eigenvalue weighted by molar-refractivity contribution is 5.95. The van der Waals surface area contributed by atoms with Crippen molar-refractivity contribution in [3.8, 4) is 0 Å². The van der Waals surface area contributed by atoms with E-state index < -0.39 is 54.5 Å². The SMILES string of the molecule is NCC(=O)N1CCC[C@]1(C(=O)N[C@@H](CCC(=O)OCc1ccccc1)C(=O)OCc1ccccc1)C(F)(F)F. The van der Waals surface area contributed by atoms with Crippen molar-refractivity contribution in [1.29, 1.82) is 0 Å². The molecule has 210 valence electrons. The number of likely N-dealkylation sites (tertiary alicyclic amines) is 1. The average molecular weight is 550 g/mol. The molecule has 0 radical (unpaired) electrons. The van der Waals surface area contributed by atoms with Gasteiger partial charge < -0.3 is 25.4 Å². The van der Waals surface area contributed by atoms with Crippen LogP contribution in [0.5, 0.6) is 0 Å². The van der Waals surface area contributed by atoms with Gasteiger partial charge in [-0.1, -0.05) is 60.7 Å². The summed E-state index contributed by atoms with van der Waals surface area (Å²) in [5.74, 6) is -4.39. The predicted molar refractivity (Wildman–Crippen MR) is 132 cm³/mol. The first-order chi connectivity index (χ1) is 18.6. The molecule has 2 aromatic rings. The van der Waals surface area contributed by atoms with Crippen molar-refractivity contribution in [2.45, 2.75) is 56.7 Å². The Labute approximate surface area is 223 Å². The zero-order chi connectivity index (χ0) is 28.5. The van der Waals surface area contributed by atoms with Crippen LogP contribution in [0.25, 0.3) is 0 Å². The standard InChI is InChI=1S/C27H30F3N3O6/c28-27(29,30)26(14-7-15-33(26)22(34)16-31)25(37)32-21(24(36)39-18-20-10-5-2-6-11-20)12-13-23(35)38-17-19-8-3-1-4-9-19/h1-6,8-11,21H,7,12-18,31H2,(H,32,37)/t21-,26-/m0/s1. The van der Waals surface area contributed by atoms with Gasteiger partial charge in [0.1, 0.15) is 19.3 Å². The summed E-state index contributed by atoms with van der Waals surface area (Å²) in [5, 5.41) is 2.10. The lowest BCUT2D eigenvalue weighted by Gasteiger charge is -2.39. The number of ether oxygens (including phenoxy) is 2. The summed E-state index contributed by atoms with van der Waals surface area (Å²) in [6, 6.07) is 15.7. The summed E-state index contributed by atoms with van der Waals surface area (Å²) in [4.78, 5) is 51.1. The maximum absolute atomic E-state index is 14.3. The Hall–Kier alpha value is -3.93. The van der Waals surface area contributed by atoms with Crippen LogP contribution < -0.4 is 11.1 Å². The molecule has 0 aliphatic carbocycles. The fourth-order valence-electron chi connectivity index (χ4n) is 4.35. The number of nitrogens with zero attached hydrogens (tertiary/aromatic N) is 1. The monoisotopic (exact) mass is 549 g/mol. The fraction of sp³-hybridized carbons (Fsp3) is 0.407. The molecule has 1 heterocycles. The first-order valence-corrected chi connectivity index (χ1v) is 12.4. The molecule has 2 atom stereocenters. The number of rotatable bonds is 11. The zero-order valence-electron chi connectivity index (χ0n) is 21.1. The normalized spacial score (nSPS) is 17.8. The highest BCUT2D eigenvalue weighted by Crippen LogP contribution is 2.43. The highest BCUT2D eigenvalue weighted by atomic mass is 19.4. The van der Waals surface area contributed by atoms with E-state index in [1.165, 1.54) is 0 Å². The number of benzene rings is 2. The number of amides is 2. The summed E-state index contributed by atoms with van der Waals surface area (Å²) in [5.41, 5.74) is 3.43. The van der Waals surface area contributed by atoms with Crippen LogP contribution in [0.3, 0.4) is 0 Å². The molecule has 0 spiro atoms. The van der Waals surface area contributed by atoms with Crippen LogP contribution in [0.2, 0.25) is 0 Å². The molecule has 0 unspecified atom stereocenters. The van der Waals surface area contributed by atoms with Crippen LogP contribution in [0.15, 0.2) is 60.7 Å². The molecule has 3 N–H and O–H groups in total. The summed E-state index contributed by atoms with van der Waals surface area (Å²) < 4.78 is 53.4. The van der Waals surface area contributed by atoms with Gasteiger partial charge in [-0.25, -0.2) is 4.79 Å². The topological polar surface area (TPSA) is 128 Å². The number of carbonyl (C=O) groups is 4. The first kappa shape index (κ1) is 29.6. The van der Waals surface area contributed by atoms with E-state index in [2.05, 4.69) is 5.32 Å². The highest BCUT2D eigenvalue weighted by Gasteiger charge is 2.67. The molecule has 1 saturated heterocycles. The lowest BCUT2D eigenvalue weighted by molar-refractivity contribution is -0.222. The van der Waals surface area contributed by atoms with E-state index in [-0.39, 0.29) is 39.0 Å². The number of esters is 2. The largest absolute Gasteiger partial charge is 0.461 e. The maximum atomic E-state index is 14.3. The van der Waals surface area contributed by atoms with E-state index >= 15 is 0 Å². The molecule has 3 rings (SSSR count). The number of hydrogen-bond acceptors (Lipinski definition) is 7. The van der Waals surface area contributed by atoms with Gasteiger partial charge in [0.2, 0.25) is 11.4 Å². The van der Waals surface area contributed by atoms with Crippen molar-refractivity contribution < 1.29 is 41.8 Å². The second-order valence-corrected chi connectivity index (χ2v) is 9.02. The Bertz CT molecular complexity index is 1150. The molecule has 39 heavy (non-hydrogen) atoms. The van der Waals surface area contributed by atoms with E-state index in [1.54, 1.807) is 60.7 Å². The van der Waals surface area contributed by atoms with Gasteiger partial charge >= 0.3 is 18.1 Å². The Morgan fingerprint density at radius 3 is 2.05 bits per heavy atom.